The van der Waals surface area contributed by atoms with Crippen molar-refractivity contribution >= 4 is 0 Å². The summed E-state index contributed by atoms with van der Waals surface area (Å²) in [5.74, 6) is -0.103. The van der Waals surface area contributed by atoms with E-state index in [4.69, 9.17) is 5.11 Å². The van der Waals surface area contributed by atoms with Crippen molar-refractivity contribution in [1.29, 1.82) is 0 Å². The lowest BCUT2D eigenvalue weighted by Crippen LogP contribution is -2.20. The zero-order chi connectivity index (χ0) is 9.14. The summed E-state index contributed by atoms with van der Waals surface area (Å²) in [6.07, 6.45) is 0. The topological polar surface area (TPSA) is 62.5 Å². The molecule has 0 saturated carbocycles. The highest BCUT2D eigenvalue weighted by atomic mass is 16.3. The van der Waals surface area contributed by atoms with Crippen LogP contribution in [0.3, 0.4) is 0 Å². The second-order valence-electron chi connectivity index (χ2n) is 2.60. The number of hydrogen-bond acceptors (Lipinski definition) is 3. The molecule has 0 amide bonds. The molecule has 0 unspecified atom stereocenters. The predicted octanol–water partition coefficient (Wildman–Crippen LogP) is -0.145. The molecule has 66 valence electrons. The van der Waals surface area contributed by atoms with Crippen molar-refractivity contribution in [2.45, 2.75) is 13.5 Å². The highest BCUT2D eigenvalue weighted by Crippen LogP contribution is 2.06. The molecule has 4 heteroatoms. The second-order valence-corrected chi connectivity index (χ2v) is 2.60. The summed E-state index contributed by atoms with van der Waals surface area (Å²) >= 11 is 0. The van der Waals surface area contributed by atoms with Gasteiger partial charge in [-0.25, -0.2) is 0 Å². The maximum atomic E-state index is 11.1. The van der Waals surface area contributed by atoms with Crippen molar-refractivity contribution < 1.29 is 10.2 Å². The normalized spacial score (nSPS) is 10.2. The van der Waals surface area contributed by atoms with Gasteiger partial charge in [0, 0.05) is 12.1 Å². The van der Waals surface area contributed by atoms with E-state index in [-0.39, 0.29) is 24.6 Å². The molecule has 0 saturated heterocycles. The number of pyridine rings is 1. The van der Waals surface area contributed by atoms with Gasteiger partial charge in [-0.3, -0.25) is 9.36 Å². The van der Waals surface area contributed by atoms with Gasteiger partial charge in [-0.05, 0) is 12.5 Å². The quantitative estimate of drug-likeness (QED) is 0.647. The fourth-order valence-corrected chi connectivity index (χ4v) is 1.03. The first-order valence-corrected chi connectivity index (χ1v) is 3.66. The van der Waals surface area contributed by atoms with Crippen molar-refractivity contribution in [3.8, 4) is 5.88 Å². The van der Waals surface area contributed by atoms with Crippen LogP contribution in [0.15, 0.2) is 16.9 Å². The van der Waals surface area contributed by atoms with Crippen molar-refractivity contribution in [3.05, 3.63) is 28.0 Å². The summed E-state index contributed by atoms with van der Waals surface area (Å²) in [6.45, 7) is 1.70. The van der Waals surface area contributed by atoms with E-state index in [1.165, 1.54) is 12.1 Å². The van der Waals surface area contributed by atoms with Gasteiger partial charge in [0.1, 0.15) is 0 Å². The van der Waals surface area contributed by atoms with Crippen molar-refractivity contribution in [3.63, 3.8) is 0 Å². The van der Waals surface area contributed by atoms with Gasteiger partial charge in [-0.15, -0.1) is 0 Å². The molecule has 0 aromatic carbocycles. The molecule has 4 nitrogen and oxygen atoms in total. The molecule has 0 fully saturated rings. The maximum absolute atomic E-state index is 11.1. The van der Waals surface area contributed by atoms with E-state index in [1.54, 1.807) is 6.92 Å². The standard InChI is InChI=1S/C8H11NO3/c1-6-4-7(11)9(2-3-10)8(12)5-6/h4-5,10-11H,2-3H2,1H3. The van der Waals surface area contributed by atoms with E-state index in [1.807, 2.05) is 0 Å². The van der Waals surface area contributed by atoms with Gasteiger partial charge in [0.05, 0.1) is 13.2 Å². The van der Waals surface area contributed by atoms with Crippen LogP contribution in [0.5, 0.6) is 5.88 Å². The summed E-state index contributed by atoms with van der Waals surface area (Å²) < 4.78 is 1.12. The van der Waals surface area contributed by atoms with Crippen LogP contribution in [0.25, 0.3) is 0 Å². The lowest BCUT2D eigenvalue weighted by Gasteiger charge is -2.05. The fraction of sp³-hybridized carbons (Fsp3) is 0.375. The average Bonchev–Trinajstić information content (AvgIpc) is 1.96. The molecule has 12 heavy (non-hydrogen) atoms. The van der Waals surface area contributed by atoms with Crippen molar-refractivity contribution in [2.75, 3.05) is 6.61 Å². The van der Waals surface area contributed by atoms with E-state index in [0.29, 0.717) is 5.56 Å². The zero-order valence-electron chi connectivity index (χ0n) is 6.82. The van der Waals surface area contributed by atoms with Gasteiger partial charge >= 0.3 is 0 Å². The number of nitrogens with zero attached hydrogens (tertiary/aromatic N) is 1. The van der Waals surface area contributed by atoms with Crippen LogP contribution in [0.4, 0.5) is 0 Å². The van der Waals surface area contributed by atoms with Gasteiger partial charge in [0.15, 0.2) is 5.88 Å². The van der Waals surface area contributed by atoms with E-state index in [2.05, 4.69) is 0 Å². The summed E-state index contributed by atoms with van der Waals surface area (Å²) in [5.41, 5.74) is 0.424. The highest BCUT2D eigenvalue weighted by molar-refractivity contribution is 5.19. The van der Waals surface area contributed by atoms with Crippen LogP contribution in [-0.2, 0) is 6.54 Å². The van der Waals surface area contributed by atoms with Crippen LogP contribution in [-0.4, -0.2) is 21.4 Å². The summed E-state index contributed by atoms with van der Waals surface area (Å²) in [7, 11) is 0. The minimum absolute atomic E-state index is 0.103. The minimum atomic E-state index is -0.290. The number of aryl methyl sites for hydroxylation is 1. The molecule has 0 aliphatic rings. The third-order valence-electron chi connectivity index (χ3n) is 1.57. The number of aliphatic hydroxyl groups excluding tert-OH is 1. The molecule has 0 aliphatic heterocycles. The summed E-state index contributed by atoms with van der Waals surface area (Å²) in [6, 6.07) is 2.90. The van der Waals surface area contributed by atoms with Crippen LogP contribution >= 0.6 is 0 Å². The fourth-order valence-electron chi connectivity index (χ4n) is 1.03. The van der Waals surface area contributed by atoms with Crippen LogP contribution < -0.4 is 5.56 Å². The van der Waals surface area contributed by atoms with E-state index in [0.717, 1.165) is 4.57 Å². The minimum Gasteiger partial charge on any atom is -0.494 e. The molecule has 1 heterocycles. The van der Waals surface area contributed by atoms with E-state index < -0.39 is 0 Å². The highest BCUT2D eigenvalue weighted by Gasteiger charge is 2.01. The Kier molecular flexibility index (Phi) is 2.50. The first-order chi connectivity index (χ1) is 5.65. The number of aromatic hydroxyl groups is 1. The molecule has 0 radical (unpaired) electrons. The average molecular weight is 169 g/mol. The lowest BCUT2D eigenvalue weighted by molar-refractivity contribution is 0.264. The zero-order valence-corrected chi connectivity index (χ0v) is 6.82. The Labute approximate surface area is 69.7 Å². The third-order valence-corrected chi connectivity index (χ3v) is 1.57. The van der Waals surface area contributed by atoms with Gasteiger partial charge in [-0.1, -0.05) is 0 Å². The molecule has 0 aliphatic carbocycles. The third kappa shape index (κ3) is 1.65. The SMILES string of the molecule is Cc1cc(O)n(CCO)c(=O)c1. The van der Waals surface area contributed by atoms with Gasteiger partial charge in [0.2, 0.25) is 0 Å². The number of aromatic nitrogens is 1. The molecular formula is C8H11NO3. The van der Waals surface area contributed by atoms with E-state index in [9.17, 15) is 9.90 Å². The molecule has 1 aromatic heterocycles. The van der Waals surface area contributed by atoms with E-state index >= 15 is 0 Å². The Balaban J connectivity index is 3.19. The Morgan fingerprint density at radius 3 is 2.67 bits per heavy atom. The second kappa shape index (κ2) is 3.40. The van der Waals surface area contributed by atoms with Gasteiger partial charge < -0.3 is 10.2 Å². The lowest BCUT2D eigenvalue weighted by atomic mass is 10.3. The Morgan fingerprint density at radius 2 is 2.17 bits per heavy atom. The molecular weight excluding hydrogens is 158 g/mol. The van der Waals surface area contributed by atoms with Crippen LogP contribution in [0.1, 0.15) is 5.56 Å². The number of rotatable bonds is 2. The molecule has 0 atom stereocenters. The van der Waals surface area contributed by atoms with Crippen molar-refractivity contribution in [1.82, 2.24) is 4.57 Å². The molecule has 0 spiro atoms. The Morgan fingerprint density at radius 1 is 1.50 bits per heavy atom. The maximum Gasteiger partial charge on any atom is 0.253 e. The van der Waals surface area contributed by atoms with Gasteiger partial charge in [0.25, 0.3) is 5.56 Å². The molecule has 1 aromatic rings. The Hall–Kier alpha value is -1.29. The monoisotopic (exact) mass is 169 g/mol. The molecule has 2 N–H and O–H groups in total. The van der Waals surface area contributed by atoms with Gasteiger partial charge in [-0.2, -0.15) is 0 Å². The summed E-state index contributed by atoms with van der Waals surface area (Å²) in [4.78, 5) is 11.1. The number of aliphatic hydroxyl groups is 1. The van der Waals surface area contributed by atoms with Crippen LogP contribution in [0.2, 0.25) is 0 Å². The molecule has 1 rings (SSSR count). The first kappa shape index (κ1) is 8.80. The largest absolute Gasteiger partial charge is 0.494 e. The predicted molar refractivity (Wildman–Crippen MR) is 44.2 cm³/mol. The first-order valence-electron chi connectivity index (χ1n) is 3.66. The van der Waals surface area contributed by atoms with Crippen molar-refractivity contribution in [2.24, 2.45) is 0 Å². The number of hydrogen-bond donors (Lipinski definition) is 2. The van der Waals surface area contributed by atoms with Crippen LogP contribution in [0, 0.1) is 6.92 Å². The Bertz CT molecular complexity index is 330. The molecule has 0 bridgehead atoms. The summed E-state index contributed by atoms with van der Waals surface area (Å²) in [5, 5.41) is 17.8. The smallest absolute Gasteiger partial charge is 0.253 e.